The minimum atomic E-state index is -0.186. The Morgan fingerprint density at radius 2 is 2.22 bits per heavy atom. The number of benzene rings is 1. The lowest BCUT2D eigenvalue weighted by molar-refractivity contribution is -0.0402. The van der Waals surface area contributed by atoms with Crippen molar-refractivity contribution in [3.05, 3.63) is 39.8 Å². The van der Waals surface area contributed by atoms with Gasteiger partial charge in [-0.1, -0.05) is 11.8 Å². The molecule has 0 radical (unpaired) electrons. The summed E-state index contributed by atoms with van der Waals surface area (Å²) in [6.07, 6.45) is 2.95. The summed E-state index contributed by atoms with van der Waals surface area (Å²) < 4.78 is 9.55. The highest BCUT2D eigenvalue weighted by Gasteiger charge is 2.23. The highest BCUT2D eigenvalue weighted by atomic mass is 16.5. The molecule has 0 bridgehead atoms. The number of rotatable bonds is 2. The van der Waals surface area contributed by atoms with Gasteiger partial charge in [0.25, 0.3) is 5.56 Å². The van der Waals surface area contributed by atoms with Gasteiger partial charge in [0.15, 0.2) is 0 Å². The summed E-state index contributed by atoms with van der Waals surface area (Å²) in [6.45, 7) is 5.03. The molecule has 4 rings (SSSR count). The molecule has 0 amide bonds. The van der Waals surface area contributed by atoms with Gasteiger partial charge in [0.05, 0.1) is 16.6 Å². The normalized spacial score (nSPS) is 17.2. The molecule has 3 aromatic rings. The van der Waals surface area contributed by atoms with Crippen LogP contribution in [0.25, 0.3) is 21.8 Å². The Kier molecular flexibility index (Phi) is 4.73. The number of aliphatic hydroxyl groups is 1. The summed E-state index contributed by atoms with van der Waals surface area (Å²) in [7, 11) is 0. The van der Waals surface area contributed by atoms with Crippen LogP contribution in [0.15, 0.2) is 23.0 Å². The number of pyridine rings is 1. The van der Waals surface area contributed by atoms with Gasteiger partial charge in [-0.2, -0.15) is 5.10 Å². The van der Waals surface area contributed by atoms with Gasteiger partial charge < -0.3 is 14.4 Å². The number of aryl methyl sites for hydroxylation is 2. The van der Waals surface area contributed by atoms with Crippen LogP contribution in [0, 0.1) is 18.8 Å². The van der Waals surface area contributed by atoms with Gasteiger partial charge in [-0.3, -0.25) is 4.79 Å². The first-order valence-electron chi connectivity index (χ1n) is 9.42. The Hall–Kier alpha value is -2.62. The van der Waals surface area contributed by atoms with E-state index in [0.717, 1.165) is 48.0 Å². The number of aliphatic hydroxyl groups excluding tert-OH is 1. The molecule has 27 heavy (non-hydrogen) atoms. The number of hydrogen-bond acceptors (Lipinski definition) is 4. The molecule has 1 atom stereocenters. The van der Waals surface area contributed by atoms with Gasteiger partial charge in [0, 0.05) is 24.1 Å². The molecule has 1 aromatic carbocycles. The fraction of sp³-hybridized carbons (Fsp3) is 0.429. The summed E-state index contributed by atoms with van der Waals surface area (Å²) in [5.74, 6) is 5.62. The van der Waals surface area contributed by atoms with E-state index < -0.39 is 0 Å². The molecule has 1 fully saturated rings. The lowest BCUT2D eigenvalue weighted by Crippen LogP contribution is -2.21. The molecule has 0 spiro atoms. The zero-order valence-electron chi connectivity index (χ0n) is 15.7. The van der Waals surface area contributed by atoms with Crippen molar-refractivity contribution >= 4 is 21.8 Å². The summed E-state index contributed by atoms with van der Waals surface area (Å²) in [5, 5.41) is 15.3. The van der Waals surface area contributed by atoms with Crippen LogP contribution in [0.5, 0.6) is 0 Å². The second-order valence-electron chi connectivity index (χ2n) is 6.82. The Morgan fingerprint density at radius 3 is 2.93 bits per heavy atom. The topological polar surface area (TPSA) is 69.3 Å². The first-order chi connectivity index (χ1) is 13.2. The SMILES string of the molecule is CCn1c(=O)c2c(C)n(C3CCCCO3)nc2c2cc(C#CCO)ccc21. The van der Waals surface area contributed by atoms with Crippen molar-refractivity contribution in [3.8, 4) is 11.8 Å². The van der Waals surface area contributed by atoms with E-state index in [1.165, 1.54) is 0 Å². The minimum absolute atomic E-state index is 0.0197. The van der Waals surface area contributed by atoms with E-state index in [1.807, 2.05) is 36.7 Å². The number of aromatic nitrogens is 3. The summed E-state index contributed by atoms with van der Waals surface area (Å²) >= 11 is 0. The van der Waals surface area contributed by atoms with E-state index in [0.29, 0.717) is 17.4 Å². The monoisotopic (exact) mass is 365 g/mol. The van der Waals surface area contributed by atoms with E-state index in [2.05, 4.69) is 11.8 Å². The minimum Gasteiger partial charge on any atom is -0.384 e. The van der Waals surface area contributed by atoms with Gasteiger partial charge in [0.2, 0.25) is 0 Å². The summed E-state index contributed by atoms with van der Waals surface area (Å²) in [6, 6.07) is 5.73. The molecule has 0 saturated carbocycles. The molecule has 1 aliphatic rings. The first-order valence-corrected chi connectivity index (χ1v) is 9.42. The Balaban J connectivity index is 2.04. The van der Waals surface area contributed by atoms with Crippen LogP contribution in [-0.2, 0) is 11.3 Å². The van der Waals surface area contributed by atoms with E-state index in [4.69, 9.17) is 14.9 Å². The Morgan fingerprint density at radius 1 is 1.37 bits per heavy atom. The first kappa shape index (κ1) is 17.8. The molecule has 6 heteroatoms. The maximum absolute atomic E-state index is 13.2. The molecule has 140 valence electrons. The van der Waals surface area contributed by atoms with Crippen LogP contribution < -0.4 is 5.56 Å². The maximum atomic E-state index is 13.2. The molecular formula is C21H23N3O3. The maximum Gasteiger partial charge on any atom is 0.262 e. The molecule has 6 nitrogen and oxygen atoms in total. The highest BCUT2D eigenvalue weighted by molar-refractivity contribution is 6.04. The number of nitrogens with zero attached hydrogens (tertiary/aromatic N) is 3. The zero-order valence-corrected chi connectivity index (χ0v) is 15.7. The van der Waals surface area contributed by atoms with Crippen LogP contribution in [0.4, 0.5) is 0 Å². The van der Waals surface area contributed by atoms with Crippen molar-refractivity contribution in [2.45, 2.75) is 45.9 Å². The van der Waals surface area contributed by atoms with Crippen LogP contribution in [0.1, 0.15) is 43.7 Å². The molecule has 1 unspecified atom stereocenters. The molecule has 1 aliphatic heterocycles. The van der Waals surface area contributed by atoms with Gasteiger partial charge in [0.1, 0.15) is 18.4 Å². The van der Waals surface area contributed by atoms with E-state index in [-0.39, 0.29) is 18.4 Å². The van der Waals surface area contributed by atoms with Crippen molar-refractivity contribution in [1.82, 2.24) is 14.3 Å². The average molecular weight is 365 g/mol. The molecule has 0 aliphatic carbocycles. The van der Waals surface area contributed by atoms with Crippen LogP contribution in [-0.4, -0.2) is 32.7 Å². The molecule has 2 aromatic heterocycles. The molecule has 1 saturated heterocycles. The predicted octanol–water partition coefficient (Wildman–Crippen LogP) is 2.72. The van der Waals surface area contributed by atoms with Crippen molar-refractivity contribution in [1.29, 1.82) is 0 Å². The third-order valence-corrected chi connectivity index (χ3v) is 5.21. The lowest BCUT2D eigenvalue weighted by Gasteiger charge is -2.23. The Labute approximate surface area is 157 Å². The standard InChI is InChI=1S/C21H23N3O3/c1-3-23-17-10-9-15(7-6-11-25)13-16(17)20-19(21(23)26)14(2)24(22-20)18-8-4-5-12-27-18/h9-10,13,18,25H,3-5,8,11-12H2,1-2H3. The highest BCUT2D eigenvalue weighted by Crippen LogP contribution is 2.29. The molecule has 1 N–H and O–H groups in total. The third-order valence-electron chi connectivity index (χ3n) is 5.21. The van der Waals surface area contributed by atoms with Gasteiger partial charge in [-0.05, 0) is 51.3 Å². The van der Waals surface area contributed by atoms with Crippen LogP contribution in [0.2, 0.25) is 0 Å². The Bertz CT molecular complexity index is 1120. The fourth-order valence-electron chi connectivity index (χ4n) is 3.90. The second kappa shape index (κ2) is 7.18. The van der Waals surface area contributed by atoms with Gasteiger partial charge in [-0.25, -0.2) is 4.68 Å². The van der Waals surface area contributed by atoms with Crippen molar-refractivity contribution < 1.29 is 9.84 Å². The average Bonchev–Trinajstić information content (AvgIpc) is 3.05. The van der Waals surface area contributed by atoms with E-state index in [1.54, 1.807) is 4.57 Å². The van der Waals surface area contributed by atoms with E-state index in [9.17, 15) is 4.79 Å². The van der Waals surface area contributed by atoms with E-state index >= 15 is 0 Å². The van der Waals surface area contributed by atoms with Crippen molar-refractivity contribution in [2.24, 2.45) is 0 Å². The number of ether oxygens (including phenoxy) is 1. The predicted molar refractivity (Wildman–Crippen MR) is 105 cm³/mol. The summed E-state index contributed by atoms with van der Waals surface area (Å²) in [5.41, 5.74) is 3.16. The van der Waals surface area contributed by atoms with Crippen LogP contribution >= 0.6 is 0 Å². The number of hydrogen-bond donors (Lipinski definition) is 1. The van der Waals surface area contributed by atoms with Crippen LogP contribution in [0.3, 0.4) is 0 Å². The summed E-state index contributed by atoms with van der Waals surface area (Å²) in [4.78, 5) is 13.2. The quantitative estimate of drug-likeness (QED) is 0.709. The third kappa shape index (κ3) is 2.93. The smallest absolute Gasteiger partial charge is 0.262 e. The lowest BCUT2D eigenvalue weighted by atomic mass is 10.1. The van der Waals surface area contributed by atoms with Gasteiger partial charge >= 0.3 is 0 Å². The molecule has 3 heterocycles. The fourth-order valence-corrected chi connectivity index (χ4v) is 3.90. The zero-order chi connectivity index (χ0) is 19.0. The second-order valence-corrected chi connectivity index (χ2v) is 6.82. The van der Waals surface area contributed by atoms with Crippen molar-refractivity contribution in [3.63, 3.8) is 0 Å². The van der Waals surface area contributed by atoms with Crippen molar-refractivity contribution in [2.75, 3.05) is 13.2 Å². The largest absolute Gasteiger partial charge is 0.384 e. The van der Waals surface area contributed by atoms with Gasteiger partial charge in [-0.15, -0.1) is 0 Å². The molecular weight excluding hydrogens is 342 g/mol. The number of fused-ring (bicyclic) bond motifs is 3.